The van der Waals surface area contributed by atoms with Crippen LogP contribution in [-0.4, -0.2) is 58.3 Å². The Morgan fingerprint density at radius 1 is 1.03 bits per heavy atom. The molecule has 0 bridgehead atoms. The molecule has 1 aliphatic rings. The van der Waals surface area contributed by atoms with Crippen LogP contribution in [0, 0.1) is 0 Å². The molecule has 1 amide bonds. The molecule has 1 heterocycles. The highest BCUT2D eigenvalue weighted by Gasteiger charge is 2.29. The molecule has 0 saturated carbocycles. The second-order valence-corrected chi connectivity index (χ2v) is 9.33. The smallest absolute Gasteiger partial charge is 0.262 e. The molecule has 1 saturated heterocycles. The molecule has 9 nitrogen and oxygen atoms in total. The van der Waals surface area contributed by atoms with Crippen LogP contribution in [0.3, 0.4) is 0 Å². The van der Waals surface area contributed by atoms with Gasteiger partial charge in [-0.05, 0) is 56.2 Å². The molecule has 10 heteroatoms. The number of ether oxygens (including phenoxy) is 3. The van der Waals surface area contributed by atoms with Crippen LogP contribution in [0.15, 0.2) is 41.3 Å². The van der Waals surface area contributed by atoms with Crippen molar-refractivity contribution in [1.29, 1.82) is 0 Å². The van der Waals surface area contributed by atoms with E-state index in [1.165, 1.54) is 35.7 Å². The van der Waals surface area contributed by atoms with Crippen molar-refractivity contribution in [2.75, 3.05) is 38.7 Å². The van der Waals surface area contributed by atoms with Crippen LogP contribution in [-0.2, 0) is 14.8 Å². The van der Waals surface area contributed by atoms with Gasteiger partial charge in [0.05, 0.1) is 13.7 Å². The monoisotopic (exact) mass is 476 g/mol. The normalized spacial score (nSPS) is 14.4. The largest absolute Gasteiger partial charge is 0.493 e. The number of rotatable bonds is 10. The second-order valence-electron chi connectivity index (χ2n) is 7.42. The number of carbonyl (C=O) groups is 2. The molecule has 0 unspecified atom stereocenters. The lowest BCUT2D eigenvalue weighted by atomic mass is 10.2. The molecule has 0 aliphatic carbocycles. The average molecular weight is 477 g/mol. The standard InChI is InChI=1S/C23H28N2O7S/c1-3-31-20-10-8-18(14-22(20)33(28,29)25-11-5-4-6-12-25)24-23(27)16-32-19-9-7-17(15-26)13-21(19)30-2/h7-10,13-15H,3-6,11-12,16H2,1-2H3,(H,24,27). The Morgan fingerprint density at radius 2 is 1.76 bits per heavy atom. The Kier molecular flexibility index (Phi) is 8.29. The fraction of sp³-hybridized carbons (Fsp3) is 0.391. The van der Waals surface area contributed by atoms with Crippen molar-refractivity contribution in [2.24, 2.45) is 0 Å². The first kappa shape index (κ1) is 24.5. The third-order valence-electron chi connectivity index (χ3n) is 5.14. The van der Waals surface area contributed by atoms with E-state index >= 15 is 0 Å². The topological polar surface area (TPSA) is 111 Å². The predicted molar refractivity (Wildman–Crippen MR) is 123 cm³/mol. The number of sulfonamides is 1. The summed E-state index contributed by atoms with van der Waals surface area (Å²) in [5, 5.41) is 2.66. The highest BCUT2D eigenvalue weighted by atomic mass is 32.2. The summed E-state index contributed by atoms with van der Waals surface area (Å²) in [6, 6.07) is 9.12. The number of nitrogens with one attached hydrogen (secondary N) is 1. The molecule has 1 aliphatic heterocycles. The number of methoxy groups -OCH3 is 1. The summed E-state index contributed by atoms with van der Waals surface area (Å²) in [7, 11) is -2.33. The molecule has 2 aromatic rings. The number of nitrogens with zero attached hydrogens (tertiary/aromatic N) is 1. The van der Waals surface area contributed by atoms with E-state index in [1.54, 1.807) is 19.1 Å². The number of carbonyl (C=O) groups excluding carboxylic acids is 2. The lowest BCUT2D eigenvalue weighted by molar-refractivity contribution is -0.118. The second kappa shape index (κ2) is 11.2. The summed E-state index contributed by atoms with van der Waals surface area (Å²) in [6.07, 6.45) is 3.31. The molecular formula is C23H28N2O7S. The Hall–Kier alpha value is -3.11. The number of amides is 1. The van der Waals surface area contributed by atoms with Gasteiger partial charge in [-0.1, -0.05) is 6.42 Å². The van der Waals surface area contributed by atoms with E-state index in [4.69, 9.17) is 14.2 Å². The summed E-state index contributed by atoms with van der Waals surface area (Å²) in [5.74, 6) is 0.390. The molecule has 1 fully saturated rings. The van der Waals surface area contributed by atoms with Crippen LogP contribution >= 0.6 is 0 Å². The van der Waals surface area contributed by atoms with Crippen LogP contribution in [0.25, 0.3) is 0 Å². The number of anilines is 1. The van der Waals surface area contributed by atoms with Gasteiger partial charge in [-0.15, -0.1) is 0 Å². The summed E-state index contributed by atoms with van der Waals surface area (Å²) in [4.78, 5) is 23.4. The molecule has 0 spiro atoms. The number of benzene rings is 2. The Balaban J connectivity index is 1.75. The van der Waals surface area contributed by atoms with Crippen LogP contribution < -0.4 is 19.5 Å². The molecule has 3 rings (SSSR count). The van der Waals surface area contributed by atoms with Crippen LogP contribution in [0.1, 0.15) is 36.5 Å². The van der Waals surface area contributed by atoms with E-state index in [0.717, 1.165) is 19.3 Å². The average Bonchev–Trinajstić information content (AvgIpc) is 2.84. The third-order valence-corrected chi connectivity index (χ3v) is 7.06. The van der Waals surface area contributed by atoms with Gasteiger partial charge in [0, 0.05) is 24.3 Å². The van der Waals surface area contributed by atoms with Crippen LogP contribution in [0.5, 0.6) is 17.2 Å². The van der Waals surface area contributed by atoms with Gasteiger partial charge in [-0.25, -0.2) is 8.42 Å². The van der Waals surface area contributed by atoms with Crippen molar-refractivity contribution in [1.82, 2.24) is 4.31 Å². The van der Waals surface area contributed by atoms with Crippen molar-refractivity contribution in [3.8, 4) is 17.2 Å². The zero-order chi connectivity index (χ0) is 23.8. The van der Waals surface area contributed by atoms with E-state index < -0.39 is 15.9 Å². The third kappa shape index (κ3) is 6.02. The van der Waals surface area contributed by atoms with Gasteiger partial charge in [0.2, 0.25) is 10.0 Å². The van der Waals surface area contributed by atoms with Crippen molar-refractivity contribution in [3.63, 3.8) is 0 Å². The van der Waals surface area contributed by atoms with Gasteiger partial charge in [-0.3, -0.25) is 9.59 Å². The fourth-order valence-electron chi connectivity index (χ4n) is 3.52. The van der Waals surface area contributed by atoms with Gasteiger partial charge < -0.3 is 19.5 Å². The van der Waals surface area contributed by atoms with Gasteiger partial charge in [0.15, 0.2) is 18.1 Å². The van der Waals surface area contributed by atoms with E-state index in [0.29, 0.717) is 48.7 Å². The quantitative estimate of drug-likeness (QED) is 0.525. The maximum Gasteiger partial charge on any atom is 0.262 e. The van der Waals surface area contributed by atoms with Crippen molar-refractivity contribution < 1.29 is 32.2 Å². The minimum Gasteiger partial charge on any atom is -0.493 e. The Labute approximate surface area is 193 Å². The number of aldehydes is 1. The van der Waals surface area contributed by atoms with Crippen LogP contribution in [0.2, 0.25) is 0 Å². The number of hydrogen-bond donors (Lipinski definition) is 1. The predicted octanol–water partition coefficient (Wildman–Crippen LogP) is 3.10. The molecule has 0 atom stereocenters. The van der Waals surface area contributed by atoms with Gasteiger partial charge >= 0.3 is 0 Å². The van der Waals surface area contributed by atoms with Crippen molar-refractivity contribution in [3.05, 3.63) is 42.0 Å². The Morgan fingerprint density at radius 3 is 2.42 bits per heavy atom. The summed E-state index contributed by atoms with van der Waals surface area (Å²) in [6.45, 7) is 2.68. The first-order chi connectivity index (χ1) is 15.9. The minimum atomic E-state index is -3.76. The molecule has 0 aromatic heterocycles. The van der Waals surface area contributed by atoms with Crippen LogP contribution in [0.4, 0.5) is 5.69 Å². The molecule has 0 radical (unpaired) electrons. The molecule has 1 N–H and O–H groups in total. The van der Waals surface area contributed by atoms with Gasteiger partial charge in [0.25, 0.3) is 5.91 Å². The highest BCUT2D eigenvalue weighted by molar-refractivity contribution is 7.89. The lowest BCUT2D eigenvalue weighted by Crippen LogP contribution is -2.35. The lowest BCUT2D eigenvalue weighted by Gasteiger charge is -2.27. The van der Waals surface area contributed by atoms with E-state index in [9.17, 15) is 18.0 Å². The summed E-state index contributed by atoms with van der Waals surface area (Å²) >= 11 is 0. The molecule has 33 heavy (non-hydrogen) atoms. The fourth-order valence-corrected chi connectivity index (χ4v) is 5.20. The summed E-state index contributed by atoms with van der Waals surface area (Å²) in [5.41, 5.74) is 0.728. The first-order valence-electron chi connectivity index (χ1n) is 10.7. The Bertz CT molecular complexity index is 1100. The molecular weight excluding hydrogens is 448 g/mol. The number of piperidine rings is 1. The maximum absolute atomic E-state index is 13.2. The SMILES string of the molecule is CCOc1ccc(NC(=O)COc2ccc(C=O)cc2OC)cc1S(=O)(=O)N1CCCCC1. The van der Waals surface area contributed by atoms with E-state index in [2.05, 4.69) is 5.32 Å². The summed E-state index contributed by atoms with van der Waals surface area (Å²) < 4.78 is 44.1. The van der Waals surface area contributed by atoms with Crippen molar-refractivity contribution in [2.45, 2.75) is 31.1 Å². The zero-order valence-corrected chi connectivity index (χ0v) is 19.5. The minimum absolute atomic E-state index is 0.0242. The van der Waals surface area contributed by atoms with E-state index in [1.807, 2.05) is 0 Å². The maximum atomic E-state index is 13.2. The van der Waals surface area contributed by atoms with Gasteiger partial charge in [-0.2, -0.15) is 4.31 Å². The zero-order valence-electron chi connectivity index (χ0n) is 18.7. The van der Waals surface area contributed by atoms with Gasteiger partial charge in [0.1, 0.15) is 16.9 Å². The first-order valence-corrected chi connectivity index (χ1v) is 12.2. The van der Waals surface area contributed by atoms with E-state index in [-0.39, 0.29) is 17.3 Å². The molecule has 178 valence electrons. The highest BCUT2D eigenvalue weighted by Crippen LogP contribution is 2.32. The number of hydrogen-bond acceptors (Lipinski definition) is 7. The van der Waals surface area contributed by atoms with Crippen molar-refractivity contribution >= 4 is 27.9 Å². The molecule has 2 aromatic carbocycles.